The fraction of sp³-hybridized carbons (Fsp3) is 0.625. The zero-order valence-electron chi connectivity index (χ0n) is 13.6. The molecular weight excluding hydrogens is 284 g/mol. The summed E-state index contributed by atoms with van der Waals surface area (Å²) in [6, 6.07) is 3.34. The number of hydrogen-bond donors (Lipinski definition) is 1. The van der Waals surface area contributed by atoms with Crippen LogP contribution in [-0.4, -0.2) is 29.5 Å². The summed E-state index contributed by atoms with van der Waals surface area (Å²) >= 11 is 0. The van der Waals surface area contributed by atoms with Gasteiger partial charge in [-0.25, -0.2) is 4.79 Å². The Kier molecular flexibility index (Phi) is 4.90. The van der Waals surface area contributed by atoms with Crippen molar-refractivity contribution in [3.63, 3.8) is 0 Å². The Balaban J connectivity index is 2.19. The maximum atomic E-state index is 12.6. The minimum Gasteiger partial charge on any atom is -0.444 e. The number of hydrogen-bond acceptors (Lipinski definition) is 4. The van der Waals surface area contributed by atoms with Crippen LogP contribution in [0.2, 0.25) is 0 Å². The average molecular weight is 308 g/mol. The topological polar surface area (TPSA) is 69.6 Å². The lowest BCUT2D eigenvalue weighted by atomic mass is 10.2. The molecule has 1 aliphatic rings. The van der Waals surface area contributed by atoms with Gasteiger partial charge in [0.2, 0.25) is 0 Å². The van der Waals surface area contributed by atoms with Crippen LogP contribution < -0.4 is 10.9 Å². The van der Waals surface area contributed by atoms with Gasteiger partial charge in [0, 0.05) is 13.3 Å². The van der Waals surface area contributed by atoms with E-state index >= 15 is 0 Å². The van der Waals surface area contributed by atoms with Gasteiger partial charge in [0.25, 0.3) is 5.56 Å². The Bertz CT molecular complexity index is 589. The van der Waals surface area contributed by atoms with Crippen molar-refractivity contribution in [2.24, 2.45) is 0 Å². The zero-order valence-corrected chi connectivity index (χ0v) is 13.6. The fourth-order valence-electron chi connectivity index (χ4n) is 2.78. The summed E-state index contributed by atoms with van der Waals surface area (Å²) in [7, 11) is 1.66. The van der Waals surface area contributed by atoms with Gasteiger partial charge in [-0.05, 0) is 52.2 Å². The van der Waals surface area contributed by atoms with Crippen LogP contribution in [0.25, 0.3) is 0 Å². The second-order valence-electron chi connectivity index (χ2n) is 6.53. The van der Waals surface area contributed by atoms with Gasteiger partial charge in [0.1, 0.15) is 11.3 Å². The molecule has 22 heavy (non-hydrogen) atoms. The predicted molar refractivity (Wildman–Crippen MR) is 84.2 cm³/mol. The van der Waals surface area contributed by atoms with E-state index in [1.54, 1.807) is 50.8 Å². The smallest absolute Gasteiger partial charge is 0.412 e. The first-order valence-electron chi connectivity index (χ1n) is 7.56. The van der Waals surface area contributed by atoms with Crippen molar-refractivity contribution in [1.29, 1.82) is 0 Å². The van der Waals surface area contributed by atoms with E-state index in [9.17, 15) is 9.59 Å². The summed E-state index contributed by atoms with van der Waals surface area (Å²) in [5.74, 6) is 0. The van der Waals surface area contributed by atoms with Crippen LogP contribution in [0.15, 0.2) is 23.1 Å². The van der Waals surface area contributed by atoms with E-state index in [-0.39, 0.29) is 23.4 Å². The molecular formula is C16H24N2O4. The van der Waals surface area contributed by atoms with Crippen molar-refractivity contribution < 1.29 is 14.3 Å². The fourth-order valence-corrected chi connectivity index (χ4v) is 2.78. The molecule has 1 aliphatic carbocycles. The highest BCUT2D eigenvalue weighted by atomic mass is 16.6. The van der Waals surface area contributed by atoms with E-state index < -0.39 is 11.7 Å². The lowest BCUT2D eigenvalue weighted by molar-refractivity contribution is 0.0635. The van der Waals surface area contributed by atoms with Gasteiger partial charge in [-0.1, -0.05) is 0 Å². The highest BCUT2D eigenvalue weighted by Crippen LogP contribution is 2.31. The van der Waals surface area contributed by atoms with E-state index in [0.717, 1.165) is 19.3 Å². The summed E-state index contributed by atoms with van der Waals surface area (Å²) in [5.41, 5.74) is -0.620. The highest BCUT2D eigenvalue weighted by Gasteiger charge is 2.29. The number of nitrogens with one attached hydrogen (secondary N) is 1. The maximum Gasteiger partial charge on any atom is 0.412 e. The molecule has 0 aliphatic heterocycles. The molecule has 6 heteroatoms. The van der Waals surface area contributed by atoms with Gasteiger partial charge < -0.3 is 14.0 Å². The first kappa shape index (κ1) is 16.5. The molecule has 2 rings (SSSR count). The lowest BCUT2D eigenvalue weighted by Crippen LogP contribution is -2.33. The zero-order chi connectivity index (χ0) is 16.3. The van der Waals surface area contributed by atoms with Gasteiger partial charge in [0.05, 0.1) is 12.1 Å². The normalized spacial score (nSPS) is 21.6. The number of nitrogens with zero attached hydrogens (tertiary/aromatic N) is 1. The van der Waals surface area contributed by atoms with E-state index in [1.807, 2.05) is 0 Å². The summed E-state index contributed by atoms with van der Waals surface area (Å²) < 4.78 is 12.3. The Morgan fingerprint density at radius 3 is 2.73 bits per heavy atom. The summed E-state index contributed by atoms with van der Waals surface area (Å²) in [5, 5.41) is 2.53. The SMILES string of the molecule is CO[C@@H]1CCCC1n1cccc(NC(=O)OC(C)(C)C)c1=O. The Morgan fingerprint density at radius 1 is 1.36 bits per heavy atom. The number of ether oxygens (including phenoxy) is 2. The molecule has 0 bridgehead atoms. The largest absolute Gasteiger partial charge is 0.444 e. The van der Waals surface area contributed by atoms with E-state index in [0.29, 0.717) is 0 Å². The molecule has 1 aromatic rings. The van der Waals surface area contributed by atoms with Gasteiger partial charge in [-0.2, -0.15) is 0 Å². The Labute approximate surface area is 130 Å². The average Bonchev–Trinajstić information content (AvgIpc) is 2.87. The molecule has 1 heterocycles. The molecule has 1 amide bonds. The van der Waals surface area contributed by atoms with Crippen LogP contribution in [0.1, 0.15) is 46.1 Å². The van der Waals surface area contributed by atoms with Crippen molar-refractivity contribution in [3.8, 4) is 0 Å². The molecule has 1 saturated carbocycles. The Morgan fingerprint density at radius 2 is 2.09 bits per heavy atom. The number of anilines is 1. The van der Waals surface area contributed by atoms with E-state index in [2.05, 4.69) is 5.32 Å². The molecule has 1 unspecified atom stereocenters. The first-order valence-corrected chi connectivity index (χ1v) is 7.56. The lowest BCUT2D eigenvalue weighted by Gasteiger charge is -2.22. The van der Waals surface area contributed by atoms with Gasteiger partial charge in [-0.15, -0.1) is 0 Å². The minimum atomic E-state index is -0.628. The number of methoxy groups -OCH3 is 1. The third-order valence-electron chi connectivity index (χ3n) is 3.69. The van der Waals surface area contributed by atoms with Crippen LogP contribution in [0, 0.1) is 0 Å². The van der Waals surface area contributed by atoms with Gasteiger partial charge in [0.15, 0.2) is 0 Å². The Hall–Kier alpha value is -1.82. The summed E-state index contributed by atoms with van der Waals surface area (Å²) in [4.78, 5) is 24.4. The van der Waals surface area contributed by atoms with Crippen molar-refractivity contribution in [2.45, 2.75) is 57.8 Å². The molecule has 0 radical (unpaired) electrons. The van der Waals surface area contributed by atoms with E-state index in [1.165, 1.54) is 0 Å². The third kappa shape index (κ3) is 3.88. The quantitative estimate of drug-likeness (QED) is 0.932. The van der Waals surface area contributed by atoms with Crippen LogP contribution in [0.4, 0.5) is 10.5 Å². The molecule has 6 nitrogen and oxygen atoms in total. The third-order valence-corrected chi connectivity index (χ3v) is 3.69. The number of pyridine rings is 1. The van der Waals surface area contributed by atoms with Crippen molar-refractivity contribution in [3.05, 3.63) is 28.7 Å². The molecule has 1 aromatic heterocycles. The second kappa shape index (κ2) is 6.52. The maximum absolute atomic E-state index is 12.6. The molecule has 1 fully saturated rings. The highest BCUT2D eigenvalue weighted by molar-refractivity contribution is 5.84. The minimum absolute atomic E-state index is 0.0119. The summed E-state index contributed by atoms with van der Waals surface area (Å²) in [6.45, 7) is 5.33. The molecule has 0 spiro atoms. The molecule has 0 saturated heterocycles. The number of rotatable bonds is 3. The van der Waals surface area contributed by atoms with Crippen LogP contribution in [-0.2, 0) is 9.47 Å². The predicted octanol–water partition coefficient (Wildman–Crippen LogP) is 2.94. The number of amides is 1. The molecule has 122 valence electrons. The molecule has 1 N–H and O–H groups in total. The van der Waals surface area contributed by atoms with Gasteiger partial charge in [-0.3, -0.25) is 10.1 Å². The van der Waals surface area contributed by atoms with E-state index in [4.69, 9.17) is 9.47 Å². The monoisotopic (exact) mass is 308 g/mol. The molecule has 2 atom stereocenters. The summed E-state index contributed by atoms with van der Waals surface area (Å²) in [6.07, 6.45) is 4.02. The standard InChI is InChI=1S/C16H24N2O4/c1-16(2,3)22-15(20)17-11-7-6-10-18(14(11)19)12-8-5-9-13(12)21-4/h6-7,10,12-13H,5,8-9H2,1-4H3,(H,17,20)/t12?,13-/m1/s1. The number of carbonyl (C=O) groups excluding carboxylic acids is 1. The van der Waals surface area contributed by atoms with Gasteiger partial charge >= 0.3 is 6.09 Å². The molecule has 0 aromatic carbocycles. The van der Waals surface area contributed by atoms with Crippen LogP contribution in [0.5, 0.6) is 0 Å². The second-order valence-corrected chi connectivity index (χ2v) is 6.53. The van der Waals surface area contributed by atoms with Crippen molar-refractivity contribution in [2.75, 3.05) is 12.4 Å². The van der Waals surface area contributed by atoms with Crippen LogP contribution in [0.3, 0.4) is 0 Å². The number of aromatic nitrogens is 1. The van der Waals surface area contributed by atoms with Crippen molar-refractivity contribution in [1.82, 2.24) is 4.57 Å². The first-order chi connectivity index (χ1) is 10.3. The van der Waals surface area contributed by atoms with Crippen LogP contribution >= 0.6 is 0 Å². The van der Waals surface area contributed by atoms with Crippen molar-refractivity contribution >= 4 is 11.8 Å². The number of carbonyl (C=O) groups is 1.